The van der Waals surface area contributed by atoms with Crippen LogP contribution in [0.1, 0.15) is 16.5 Å². The summed E-state index contributed by atoms with van der Waals surface area (Å²) >= 11 is 11.0. The van der Waals surface area contributed by atoms with Crippen molar-refractivity contribution in [2.45, 2.75) is 12.5 Å². The van der Waals surface area contributed by atoms with E-state index in [1.54, 1.807) is 11.3 Å². The summed E-state index contributed by atoms with van der Waals surface area (Å²) in [6.45, 7) is 0. The minimum atomic E-state index is 0.0375. The lowest BCUT2D eigenvalue weighted by Gasteiger charge is -2.10. The molecule has 0 aliphatic carbocycles. The molecule has 4 heteroatoms. The van der Waals surface area contributed by atoms with Crippen LogP contribution in [-0.2, 0) is 6.42 Å². The van der Waals surface area contributed by atoms with Crippen molar-refractivity contribution in [3.63, 3.8) is 0 Å². The van der Waals surface area contributed by atoms with E-state index in [0.717, 1.165) is 15.9 Å². The predicted octanol–water partition coefficient (Wildman–Crippen LogP) is 4.41. The van der Waals surface area contributed by atoms with Gasteiger partial charge in [0.15, 0.2) is 0 Å². The van der Waals surface area contributed by atoms with Gasteiger partial charge in [0.05, 0.1) is 0 Å². The Morgan fingerprint density at radius 1 is 1.25 bits per heavy atom. The average Bonchev–Trinajstić information content (AvgIpc) is 2.68. The van der Waals surface area contributed by atoms with Crippen molar-refractivity contribution < 1.29 is 0 Å². The zero-order valence-electron chi connectivity index (χ0n) is 8.49. The number of hydrogen-bond acceptors (Lipinski definition) is 2. The molecule has 0 amide bonds. The molecule has 1 unspecified atom stereocenters. The van der Waals surface area contributed by atoms with Gasteiger partial charge in [-0.3, -0.25) is 0 Å². The van der Waals surface area contributed by atoms with Gasteiger partial charge in [-0.25, -0.2) is 0 Å². The molecule has 0 saturated heterocycles. The quantitative estimate of drug-likeness (QED) is 0.892. The standard InChI is InChI=1S/C12H11BrClNS/c13-10-5-6-16-12(10)11(15)7-8-1-3-9(14)4-2-8/h1-6,11H,7,15H2. The average molecular weight is 317 g/mol. The van der Waals surface area contributed by atoms with E-state index in [1.165, 1.54) is 10.4 Å². The molecule has 0 fully saturated rings. The molecular formula is C12H11BrClNS. The fraction of sp³-hybridized carbons (Fsp3) is 0.167. The molecule has 1 aromatic carbocycles. The zero-order chi connectivity index (χ0) is 11.5. The van der Waals surface area contributed by atoms with Crippen LogP contribution in [0.3, 0.4) is 0 Å². The molecule has 2 aromatic rings. The molecule has 1 nitrogen and oxygen atoms in total. The Labute approximate surface area is 112 Å². The van der Waals surface area contributed by atoms with Crippen LogP contribution in [0.2, 0.25) is 5.02 Å². The van der Waals surface area contributed by atoms with E-state index in [0.29, 0.717) is 0 Å². The summed E-state index contributed by atoms with van der Waals surface area (Å²) in [6.07, 6.45) is 0.830. The number of halogens is 2. The molecule has 1 aromatic heterocycles. The van der Waals surface area contributed by atoms with Gasteiger partial charge in [0.1, 0.15) is 0 Å². The lowest BCUT2D eigenvalue weighted by Crippen LogP contribution is -2.12. The monoisotopic (exact) mass is 315 g/mol. The number of benzene rings is 1. The van der Waals surface area contributed by atoms with E-state index in [4.69, 9.17) is 17.3 Å². The molecule has 0 aliphatic heterocycles. The second-order valence-electron chi connectivity index (χ2n) is 3.57. The van der Waals surface area contributed by atoms with Crippen LogP contribution in [0.4, 0.5) is 0 Å². The molecule has 2 N–H and O–H groups in total. The maximum atomic E-state index is 6.16. The van der Waals surface area contributed by atoms with Crippen LogP contribution in [-0.4, -0.2) is 0 Å². The summed E-state index contributed by atoms with van der Waals surface area (Å²) in [4.78, 5) is 1.19. The molecule has 16 heavy (non-hydrogen) atoms. The molecule has 0 spiro atoms. The molecule has 2 rings (SSSR count). The third-order valence-corrected chi connectivity index (χ3v) is 4.61. The SMILES string of the molecule is NC(Cc1ccc(Cl)cc1)c1sccc1Br. The summed E-state index contributed by atoms with van der Waals surface area (Å²) < 4.78 is 1.10. The summed E-state index contributed by atoms with van der Waals surface area (Å²) in [6, 6.07) is 9.89. The Hall–Kier alpha value is -0.350. The van der Waals surface area contributed by atoms with Crippen molar-refractivity contribution in [1.82, 2.24) is 0 Å². The number of hydrogen-bond donors (Lipinski definition) is 1. The largest absolute Gasteiger partial charge is 0.323 e. The molecule has 1 heterocycles. The van der Waals surface area contributed by atoms with Crippen molar-refractivity contribution in [3.8, 4) is 0 Å². The van der Waals surface area contributed by atoms with Crippen LogP contribution in [0.5, 0.6) is 0 Å². The van der Waals surface area contributed by atoms with E-state index in [1.807, 2.05) is 35.7 Å². The Morgan fingerprint density at radius 3 is 2.50 bits per heavy atom. The van der Waals surface area contributed by atoms with Crippen molar-refractivity contribution >= 4 is 38.9 Å². The molecule has 0 aliphatic rings. The van der Waals surface area contributed by atoms with E-state index >= 15 is 0 Å². The third kappa shape index (κ3) is 2.86. The molecule has 0 bridgehead atoms. The maximum Gasteiger partial charge on any atom is 0.0442 e. The van der Waals surface area contributed by atoms with Crippen molar-refractivity contribution in [2.75, 3.05) is 0 Å². The van der Waals surface area contributed by atoms with Crippen LogP contribution in [0.25, 0.3) is 0 Å². The van der Waals surface area contributed by atoms with Gasteiger partial charge >= 0.3 is 0 Å². The summed E-state index contributed by atoms with van der Waals surface area (Å²) in [5, 5.41) is 2.80. The minimum absolute atomic E-state index is 0.0375. The second-order valence-corrected chi connectivity index (χ2v) is 5.81. The summed E-state index contributed by atoms with van der Waals surface area (Å²) in [5.74, 6) is 0. The first-order chi connectivity index (χ1) is 7.66. The van der Waals surface area contributed by atoms with Gasteiger partial charge < -0.3 is 5.73 Å². The lowest BCUT2D eigenvalue weighted by atomic mass is 10.1. The van der Waals surface area contributed by atoms with Gasteiger partial charge in [0.25, 0.3) is 0 Å². The van der Waals surface area contributed by atoms with E-state index < -0.39 is 0 Å². The first-order valence-electron chi connectivity index (χ1n) is 4.89. The Bertz CT molecular complexity index is 466. The highest BCUT2D eigenvalue weighted by molar-refractivity contribution is 9.10. The number of thiophene rings is 1. The topological polar surface area (TPSA) is 26.0 Å². The van der Waals surface area contributed by atoms with Crippen LogP contribution in [0, 0.1) is 0 Å². The third-order valence-electron chi connectivity index (χ3n) is 2.35. The molecule has 0 radical (unpaired) electrons. The fourth-order valence-corrected chi connectivity index (χ4v) is 3.33. The predicted molar refractivity (Wildman–Crippen MR) is 74.1 cm³/mol. The van der Waals surface area contributed by atoms with Gasteiger partial charge in [-0.2, -0.15) is 0 Å². The highest BCUT2D eigenvalue weighted by Gasteiger charge is 2.11. The summed E-state index contributed by atoms with van der Waals surface area (Å²) in [7, 11) is 0. The molecular weight excluding hydrogens is 306 g/mol. The van der Waals surface area contributed by atoms with Crippen LogP contribution >= 0.6 is 38.9 Å². The van der Waals surface area contributed by atoms with Gasteiger partial charge in [0.2, 0.25) is 0 Å². The van der Waals surface area contributed by atoms with Crippen LogP contribution < -0.4 is 5.73 Å². The smallest absolute Gasteiger partial charge is 0.0442 e. The highest BCUT2D eigenvalue weighted by Crippen LogP contribution is 2.29. The number of rotatable bonds is 3. The van der Waals surface area contributed by atoms with Crippen LogP contribution in [0.15, 0.2) is 40.2 Å². The zero-order valence-corrected chi connectivity index (χ0v) is 11.6. The fourth-order valence-electron chi connectivity index (χ4n) is 1.54. The van der Waals surface area contributed by atoms with Gasteiger partial charge in [-0.15, -0.1) is 11.3 Å². The van der Waals surface area contributed by atoms with E-state index in [9.17, 15) is 0 Å². The minimum Gasteiger partial charge on any atom is -0.323 e. The van der Waals surface area contributed by atoms with Crippen molar-refractivity contribution in [2.24, 2.45) is 5.73 Å². The maximum absolute atomic E-state index is 6.16. The first kappa shape index (κ1) is 12.1. The first-order valence-corrected chi connectivity index (χ1v) is 6.95. The normalized spacial score (nSPS) is 12.7. The molecule has 84 valence electrons. The highest BCUT2D eigenvalue weighted by atomic mass is 79.9. The second kappa shape index (κ2) is 5.32. The molecule has 1 atom stereocenters. The number of nitrogens with two attached hydrogens (primary N) is 1. The Morgan fingerprint density at radius 2 is 1.94 bits per heavy atom. The van der Waals surface area contributed by atoms with Gasteiger partial charge in [0, 0.05) is 20.4 Å². The van der Waals surface area contributed by atoms with E-state index in [-0.39, 0.29) is 6.04 Å². The van der Waals surface area contributed by atoms with Gasteiger partial charge in [-0.05, 0) is 51.5 Å². The van der Waals surface area contributed by atoms with Crippen molar-refractivity contribution in [3.05, 3.63) is 55.6 Å². The molecule has 0 saturated carbocycles. The lowest BCUT2D eigenvalue weighted by molar-refractivity contribution is 0.733. The van der Waals surface area contributed by atoms with Crippen molar-refractivity contribution in [1.29, 1.82) is 0 Å². The van der Waals surface area contributed by atoms with Gasteiger partial charge in [-0.1, -0.05) is 23.7 Å². The summed E-state index contributed by atoms with van der Waals surface area (Å²) in [5.41, 5.74) is 7.36. The Balaban J connectivity index is 2.10. The van der Waals surface area contributed by atoms with E-state index in [2.05, 4.69) is 15.9 Å². The Kier molecular flexibility index (Phi) is 4.03.